The van der Waals surface area contributed by atoms with Crippen molar-refractivity contribution in [2.45, 2.75) is 32.2 Å². The van der Waals surface area contributed by atoms with Crippen LogP contribution in [-0.4, -0.2) is 16.3 Å². The Labute approximate surface area is 114 Å². The molecule has 3 heteroatoms. The minimum Gasteiger partial charge on any atom is -0.310 e. The normalized spacial score (nSPS) is 17.7. The van der Waals surface area contributed by atoms with Crippen LogP contribution in [-0.2, 0) is 19.9 Å². The molecule has 3 rings (SSSR count). The zero-order valence-corrected chi connectivity index (χ0v) is 11.7. The lowest BCUT2D eigenvalue weighted by molar-refractivity contribution is 0.526. The molecule has 1 aliphatic carbocycles. The minimum atomic E-state index is 0.531. The van der Waals surface area contributed by atoms with Gasteiger partial charge in [0.2, 0.25) is 0 Å². The Balaban J connectivity index is 1.61. The van der Waals surface area contributed by atoms with Crippen molar-refractivity contribution in [2.24, 2.45) is 7.05 Å². The first-order valence-electron chi connectivity index (χ1n) is 7.04. The molecule has 1 unspecified atom stereocenters. The van der Waals surface area contributed by atoms with Gasteiger partial charge >= 0.3 is 0 Å². The van der Waals surface area contributed by atoms with Crippen molar-refractivity contribution in [3.8, 4) is 0 Å². The summed E-state index contributed by atoms with van der Waals surface area (Å²) in [5.74, 6) is 0. The zero-order valence-electron chi connectivity index (χ0n) is 11.7. The molecule has 19 heavy (non-hydrogen) atoms. The van der Waals surface area contributed by atoms with E-state index in [1.165, 1.54) is 35.2 Å². The van der Waals surface area contributed by atoms with Gasteiger partial charge < -0.3 is 5.32 Å². The molecule has 1 aromatic carbocycles. The predicted molar refractivity (Wildman–Crippen MR) is 77.2 cm³/mol. The number of rotatable bonds is 4. The van der Waals surface area contributed by atoms with Gasteiger partial charge in [-0.2, -0.15) is 5.10 Å². The van der Waals surface area contributed by atoms with Gasteiger partial charge in [0.15, 0.2) is 0 Å². The van der Waals surface area contributed by atoms with E-state index in [0.717, 1.165) is 13.0 Å². The maximum absolute atomic E-state index is 4.20. The lowest BCUT2D eigenvalue weighted by Crippen LogP contribution is -2.22. The summed E-state index contributed by atoms with van der Waals surface area (Å²) in [6.07, 6.45) is 5.33. The molecule has 0 saturated carbocycles. The molecule has 1 aromatic heterocycles. The summed E-state index contributed by atoms with van der Waals surface area (Å²) in [6, 6.07) is 9.46. The van der Waals surface area contributed by atoms with Gasteiger partial charge in [0.1, 0.15) is 0 Å². The summed E-state index contributed by atoms with van der Waals surface area (Å²) in [4.78, 5) is 0. The summed E-state index contributed by atoms with van der Waals surface area (Å²) < 4.78 is 1.95. The third kappa shape index (κ3) is 2.56. The molecule has 0 amide bonds. The Hall–Kier alpha value is -1.61. The summed E-state index contributed by atoms with van der Waals surface area (Å²) in [7, 11) is 2.00. The van der Waals surface area contributed by atoms with E-state index in [-0.39, 0.29) is 0 Å². The molecule has 2 aromatic rings. The van der Waals surface area contributed by atoms with Crippen LogP contribution in [0.5, 0.6) is 0 Å². The average Bonchev–Trinajstić information content (AvgIpc) is 2.97. The average molecular weight is 255 g/mol. The van der Waals surface area contributed by atoms with Crippen LogP contribution in [0.2, 0.25) is 0 Å². The van der Waals surface area contributed by atoms with E-state index >= 15 is 0 Å². The third-order valence-corrected chi connectivity index (χ3v) is 4.07. The zero-order chi connectivity index (χ0) is 13.2. The number of nitrogens with zero attached hydrogens (tertiary/aromatic N) is 2. The van der Waals surface area contributed by atoms with Crippen molar-refractivity contribution in [2.75, 3.05) is 6.54 Å². The number of nitrogens with one attached hydrogen (secondary N) is 1. The smallest absolute Gasteiger partial charge is 0.0492 e. The second-order valence-corrected chi connectivity index (χ2v) is 5.44. The molecule has 0 radical (unpaired) electrons. The van der Waals surface area contributed by atoms with Crippen molar-refractivity contribution in [1.29, 1.82) is 0 Å². The number of hydrogen-bond donors (Lipinski definition) is 1. The van der Waals surface area contributed by atoms with Crippen LogP contribution in [0.25, 0.3) is 0 Å². The van der Waals surface area contributed by atoms with Gasteiger partial charge in [-0.3, -0.25) is 4.68 Å². The molecular weight excluding hydrogens is 234 g/mol. The highest BCUT2D eigenvalue weighted by atomic mass is 15.3. The molecule has 100 valence electrons. The van der Waals surface area contributed by atoms with Crippen molar-refractivity contribution in [3.63, 3.8) is 0 Å². The van der Waals surface area contributed by atoms with Crippen LogP contribution in [0.15, 0.2) is 30.5 Å². The lowest BCUT2D eigenvalue weighted by Gasteiger charge is -2.14. The molecule has 1 aliphatic rings. The molecule has 0 spiro atoms. The maximum atomic E-state index is 4.20. The Morgan fingerprint density at radius 1 is 1.37 bits per heavy atom. The minimum absolute atomic E-state index is 0.531. The first-order chi connectivity index (χ1) is 9.24. The van der Waals surface area contributed by atoms with E-state index in [9.17, 15) is 0 Å². The highest BCUT2D eigenvalue weighted by Crippen LogP contribution is 2.31. The summed E-state index contributed by atoms with van der Waals surface area (Å²) in [5, 5.41) is 7.89. The third-order valence-electron chi connectivity index (χ3n) is 4.07. The number of hydrogen-bond acceptors (Lipinski definition) is 2. The first kappa shape index (κ1) is 12.4. The molecule has 0 bridgehead atoms. The van der Waals surface area contributed by atoms with Crippen LogP contribution < -0.4 is 5.32 Å². The van der Waals surface area contributed by atoms with Gasteiger partial charge in [0.05, 0.1) is 0 Å². The lowest BCUT2D eigenvalue weighted by atomic mass is 10.0. The van der Waals surface area contributed by atoms with E-state index in [4.69, 9.17) is 0 Å². The van der Waals surface area contributed by atoms with Gasteiger partial charge in [-0.1, -0.05) is 23.8 Å². The molecular formula is C16H21N3. The number of fused-ring (bicyclic) bond motifs is 1. The van der Waals surface area contributed by atoms with E-state index in [1.807, 2.05) is 17.9 Å². The van der Waals surface area contributed by atoms with Crippen molar-refractivity contribution in [1.82, 2.24) is 15.1 Å². The van der Waals surface area contributed by atoms with Crippen LogP contribution in [0.3, 0.4) is 0 Å². The fraction of sp³-hybridized carbons (Fsp3) is 0.438. The van der Waals surface area contributed by atoms with Gasteiger partial charge in [-0.15, -0.1) is 0 Å². The highest BCUT2D eigenvalue weighted by molar-refractivity contribution is 5.37. The Morgan fingerprint density at radius 3 is 3.05 bits per heavy atom. The first-order valence-corrected chi connectivity index (χ1v) is 7.04. The Morgan fingerprint density at radius 2 is 2.26 bits per heavy atom. The number of aromatic nitrogens is 2. The van der Waals surface area contributed by atoms with Gasteiger partial charge in [0.25, 0.3) is 0 Å². The summed E-state index contributed by atoms with van der Waals surface area (Å²) >= 11 is 0. The van der Waals surface area contributed by atoms with Gasteiger partial charge in [-0.05, 0) is 37.0 Å². The Kier molecular flexibility index (Phi) is 3.38. The van der Waals surface area contributed by atoms with E-state index in [2.05, 4.69) is 41.6 Å². The van der Waals surface area contributed by atoms with Crippen LogP contribution in [0.4, 0.5) is 0 Å². The van der Waals surface area contributed by atoms with Crippen molar-refractivity contribution in [3.05, 3.63) is 52.8 Å². The van der Waals surface area contributed by atoms with Crippen LogP contribution >= 0.6 is 0 Å². The molecule has 3 nitrogen and oxygen atoms in total. The SMILES string of the molecule is Cc1ccc2c(c1)C(NCCc1ccnn1C)CC2. The Bertz CT molecular complexity index is 571. The van der Waals surface area contributed by atoms with Crippen molar-refractivity contribution >= 4 is 0 Å². The van der Waals surface area contributed by atoms with E-state index in [1.54, 1.807) is 0 Å². The van der Waals surface area contributed by atoms with E-state index in [0.29, 0.717) is 6.04 Å². The standard InChI is InChI=1S/C16H21N3/c1-12-3-4-13-5-6-16(15(13)11-12)17-9-7-14-8-10-18-19(14)2/h3-4,8,10-11,16-17H,5-7,9H2,1-2H3. The second-order valence-electron chi connectivity index (χ2n) is 5.44. The predicted octanol–water partition coefficient (Wildman–Crippen LogP) is 2.55. The maximum Gasteiger partial charge on any atom is 0.0492 e. The second kappa shape index (κ2) is 5.17. The molecule has 0 saturated heterocycles. The molecule has 0 fully saturated rings. The molecule has 1 heterocycles. The molecule has 1 atom stereocenters. The quantitative estimate of drug-likeness (QED) is 0.910. The van der Waals surface area contributed by atoms with Gasteiger partial charge in [0, 0.05) is 37.9 Å². The summed E-state index contributed by atoms with van der Waals surface area (Å²) in [6.45, 7) is 3.18. The largest absolute Gasteiger partial charge is 0.310 e. The fourth-order valence-electron chi connectivity index (χ4n) is 2.95. The van der Waals surface area contributed by atoms with E-state index < -0.39 is 0 Å². The monoisotopic (exact) mass is 255 g/mol. The molecule has 0 aliphatic heterocycles. The van der Waals surface area contributed by atoms with Crippen molar-refractivity contribution < 1.29 is 0 Å². The molecule has 1 N–H and O–H groups in total. The van der Waals surface area contributed by atoms with Crippen LogP contribution in [0.1, 0.15) is 34.8 Å². The summed E-state index contributed by atoms with van der Waals surface area (Å²) in [5.41, 5.74) is 5.67. The topological polar surface area (TPSA) is 29.9 Å². The number of aryl methyl sites for hydroxylation is 3. The van der Waals surface area contributed by atoms with Crippen LogP contribution in [0, 0.1) is 6.92 Å². The fourth-order valence-corrected chi connectivity index (χ4v) is 2.95. The van der Waals surface area contributed by atoms with Gasteiger partial charge in [-0.25, -0.2) is 0 Å². The highest BCUT2D eigenvalue weighted by Gasteiger charge is 2.21. The number of benzene rings is 1.